The van der Waals surface area contributed by atoms with Gasteiger partial charge in [0.2, 0.25) is 0 Å². The summed E-state index contributed by atoms with van der Waals surface area (Å²) in [6, 6.07) is 8.81. The fourth-order valence-electron chi connectivity index (χ4n) is 2.20. The van der Waals surface area contributed by atoms with Gasteiger partial charge in [-0.3, -0.25) is 0 Å². The van der Waals surface area contributed by atoms with Crippen LogP contribution in [0.1, 0.15) is 29.8 Å². The average molecular weight is 313 g/mol. The van der Waals surface area contributed by atoms with Gasteiger partial charge < -0.3 is 9.47 Å². The lowest BCUT2D eigenvalue weighted by atomic mass is 10.00. The molecular weight excluding hydrogens is 292 g/mol. The van der Waals surface area contributed by atoms with Crippen molar-refractivity contribution >= 4 is 15.9 Å². The third-order valence-electron chi connectivity index (χ3n) is 3.11. The number of alkyl halides is 1. The Kier molecular flexibility index (Phi) is 5.22. The van der Waals surface area contributed by atoms with E-state index in [0.29, 0.717) is 25.7 Å². The summed E-state index contributed by atoms with van der Waals surface area (Å²) in [6.07, 6.45) is 1.26. The van der Waals surface area contributed by atoms with E-state index in [1.165, 1.54) is 11.1 Å². The van der Waals surface area contributed by atoms with E-state index in [0.717, 1.165) is 6.42 Å². The van der Waals surface area contributed by atoms with Gasteiger partial charge in [0.1, 0.15) is 0 Å². The van der Waals surface area contributed by atoms with Crippen LogP contribution in [0, 0.1) is 5.92 Å². The smallest absolute Gasteiger partial charge is 0.0975 e. The molecule has 1 fully saturated rings. The maximum Gasteiger partial charge on any atom is 0.0975 e. The van der Waals surface area contributed by atoms with Crippen molar-refractivity contribution in [2.75, 3.05) is 19.8 Å². The van der Waals surface area contributed by atoms with E-state index in [9.17, 15) is 0 Å². The second-order valence-corrected chi connectivity index (χ2v) is 6.21. The minimum Gasteiger partial charge on any atom is -0.376 e. The van der Waals surface area contributed by atoms with Gasteiger partial charge in [-0.25, -0.2) is 0 Å². The first-order valence-corrected chi connectivity index (χ1v) is 7.50. The molecule has 3 heteroatoms. The van der Waals surface area contributed by atoms with Crippen molar-refractivity contribution in [2.45, 2.75) is 31.2 Å². The highest BCUT2D eigenvalue weighted by atomic mass is 79.9. The van der Waals surface area contributed by atoms with Gasteiger partial charge >= 0.3 is 0 Å². The number of hydrogen-bond donors (Lipinski definition) is 0. The van der Waals surface area contributed by atoms with Crippen molar-refractivity contribution in [2.24, 2.45) is 5.92 Å². The lowest BCUT2D eigenvalue weighted by Crippen LogP contribution is -2.31. The van der Waals surface area contributed by atoms with Crippen molar-refractivity contribution in [3.8, 4) is 0 Å². The predicted octanol–water partition coefficient (Wildman–Crippen LogP) is 3.74. The van der Waals surface area contributed by atoms with E-state index in [4.69, 9.17) is 9.47 Å². The summed E-state index contributed by atoms with van der Waals surface area (Å²) >= 11 is 3.72. The lowest BCUT2D eigenvalue weighted by Gasteiger charge is -2.27. The zero-order chi connectivity index (χ0) is 13.0. The number of halogens is 1. The van der Waals surface area contributed by atoms with Crippen molar-refractivity contribution in [1.82, 2.24) is 0 Å². The van der Waals surface area contributed by atoms with Crippen LogP contribution in [0.5, 0.6) is 0 Å². The molecule has 0 saturated carbocycles. The van der Waals surface area contributed by atoms with Crippen LogP contribution < -0.4 is 0 Å². The molecule has 0 radical (unpaired) electrons. The Morgan fingerprint density at radius 2 is 1.94 bits per heavy atom. The maximum atomic E-state index is 5.72. The predicted molar refractivity (Wildman–Crippen MR) is 77.2 cm³/mol. The third kappa shape index (κ3) is 3.81. The normalized spacial score (nSPS) is 22.1. The molecule has 2 nitrogen and oxygen atoms in total. The second-order valence-electron chi connectivity index (χ2n) is 5.23. The van der Waals surface area contributed by atoms with Gasteiger partial charge in [0.25, 0.3) is 0 Å². The molecule has 18 heavy (non-hydrogen) atoms. The Morgan fingerprint density at radius 3 is 2.50 bits per heavy atom. The van der Waals surface area contributed by atoms with E-state index < -0.39 is 0 Å². The van der Waals surface area contributed by atoms with Crippen molar-refractivity contribution in [3.63, 3.8) is 0 Å². The molecule has 1 saturated heterocycles. The molecule has 0 amide bonds. The molecular formula is C15H21BrO2. The summed E-state index contributed by atoms with van der Waals surface area (Å²) in [6.45, 7) is 6.56. The molecule has 0 aliphatic carbocycles. The molecule has 1 aromatic carbocycles. The summed E-state index contributed by atoms with van der Waals surface area (Å²) in [5.74, 6) is 0.700. The highest BCUT2D eigenvalue weighted by molar-refractivity contribution is 9.09. The van der Waals surface area contributed by atoms with Gasteiger partial charge in [-0.05, 0) is 23.5 Å². The summed E-state index contributed by atoms with van der Waals surface area (Å²) < 4.78 is 11.2. The monoisotopic (exact) mass is 312 g/mol. The third-order valence-corrected chi connectivity index (χ3v) is 4.23. The van der Waals surface area contributed by atoms with Crippen molar-refractivity contribution in [1.29, 1.82) is 0 Å². The number of rotatable bonds is 4. The lowest BCUT2D eigenvalue weighted by molar-refractivity contribution is -0.0876. The largest absolute Gasteiger partial charge is 0.376 e. The Morgan fingerprint density at radius 1 is 1.22 bits per heavy atom. The molecule has 1 aromatic rings. The Bertz CT molecular complexity index is 355. The fourth-order valence-corrected chi connectivity index (χ4v) is 2.81. The molecule has 100 valence electrons. The molecule has 2 unspecified atom stereocenters. The van der Waals surface area contributed by atoms with E-state index >= 15 is 0 Å². The SMILES string of the molecule is CC(C)Cc1ccc(C(Br)C2COCCO2)cc1. The van der Waals surface area contributed by atoms with Crippen LogP contribution >= 0.6 is 15.9 Å². The summed E-state index contributed by atoms with van der Waals surface area (Å²) in [4.78, 5) is 0.214. The van der Waals surface area contributed by atoms with Crippen LogP contribution in [-0.2, 0) is 15.9 Å². The zero-order valence-corrected chi connectivity index (χ0v) is 12.7. The highest BCUT2D eigenvalue weighted by Crippen LogP contribution is 2.30. The molecule has 0 aromatic heterocycles. The van der Waals surface area contributed by atoms with E-state index in [1.807, 2.05) is 0 Å². The number of ether oxygens (including phenoxy) is 2. The first-order chi connectivity index (χ1) is 8.66. The molecule has 2 atom stereocenters. The molecule has 1 aliphatic rings. The minimum atomic E-state index is 0.120. The van der Waals surface area contributed by atoms with Gasteiger partial charge in [0.05, 0.1) is 30.8 Å². The topological polar surface area (TPSA) is 18.5 Å². The Hall–Kier alpha value is -0.380. The molecule has 1 aliphatic heterocycles. The van der Waals surface area contributed by atoms with Crippen molar-refractivity contribution in [3.05, 3.63) is 35.4 Å². The molecule has 0 N–H and O–H groups in total. The summed E-state index contributed by atoms with van der Waals surface area (Å²) in [5.41, 5.74) is 2.66. The van der Waals surface area contributed by atoms with E-state index in [2.05, 4.69) is 54.0 Å². The van der Waals surface area contributed by atoms with Crippen LogP contribution in [0.15, 0.2) is 24.3 Å². The minimum absolute atomic E-state index is 0.120. The van der Waals surface area contributed by atoms with Gasteiger partial charge in [0.15, 0.2) is 0 Å². The van der Waals surface area contributed by atoms with E-state index in [1.54, 1.807) is 0 Å². The first kappa shape index (κ1) is 14.0. The Balaban J connectivity index is 1.99. The van der Waals surface area contributed by atoms with Crippen LogP contribution in [0.25, 0.3) is 0 Å². The standard InChI is InChI=1S/C15H21BrO2/c1-11(2)9-12-3-5-13(6-4-12)15(16)14-10-17-7-8-18-14/h3-6,11,14-15H,7-10H2,1-2H3. The zero-order valence-electron chi connectivity index (χ0n) is 11.1. The van der Waals surface area contributed by atoms with Crippen LogP contribution in [0.2, 0.25) is 0 Å². The summed E-state index contributed by atoms with van der Waals surface area (Å²) in [5, 5.41) is 0. The number of hydrogen-bond acceptors (Lipinski definition) is 2. The molecule has 1 heterocycles. The van der Waals surface area contributed by atoms with Gasteiger partial charge in [0, 0.05) is 0 Å². The molecule has 0 spiro atoms. The van der Waals surface area contributed by atoms with Gasteiger partial charge in [-0.1, -0.05) is 54.0 Å². The Labute approximate surface area is 118 Å². The van der Waals surface area contributed by atoms with Crippen LogP contribution in [-0.4, -0.2) is 25.9 Å². The fraction of sp³-hybridized carbons (Fsp3) is 0.600. The number of benzene rings is 1. The first-order valence-electron chi connectivity index (χ1n) is 6.59. The van der Waals surface area contributed by atoms with Gasteiger partial charge in [-0.15, -0.1) is 0 Å². The second kappa shape index (κ2) is 6.69. The van der Waals surface area contributed by atoms with Crippen molar-refractivity contribution < 1.29 is 9.47 Å². The highest BCUT2D eigenvalue weighted by Gasteiger charge is 2.24. The van der Waals surface area contributed by atoms with Crippen LogP contribution in [0.3, 0.4) is 0 Å². The average Bonchev–Trinajstić information content (AvgIpc) is 2.39. The summed E-state index contributed by atoms with van der Waals surface area (Å²) in [7, 11) is 0. The van der Waals surface area contributed by atoms with Gasteiger partial charge in [-0.2, -0.15) is 0 Å². The maximum absolute atomic E-state index is 5.72. The van der Waals surface area contributed by atoms with E-state index in [-0.39, 0.29) is 10.9 Å². The molecule has 0 bridgehead atoms. The quantitative estimate of drug-likeness (QED) is 0.789. The molecule has 2 rings (SSSR count). The van der Waals surface area contributed by atoms with Crippen LogP contribution in [0.4, 0.5) is 0 Å².